The van der Waals surface area contributed by atoms with Crippen LogP contribution in [0, 0.1) is 6.92 Å². The van der Waals surface area contributed by atoms with Gasteiger partial charge in [-0.15, -0.1) is 0 Å². The van der Waals surface area contributed by atoms with E-state index in [1.54, 1.807) is 14.0 Å². The monoisotopic (exact) mass is 329 g/mol. The van der Waals surface area contributed by atoms with Crippen LogP contribution in [0.4, 0.5) is 5.00 Å². The van der Waals surface area contributed by atoms with Crippen molar-refractivity contribution >= 4 is 32.3 Å². The molecule has 0 aromatic carbocycles. The summed E-state index contributed by atoms with van der Waals surface area (Å²) in [7, 11) is -1.19. The van der Waals surface area contributed by atoms with Crippen LogP contribution in [-0.2, 0) is 9.84 Å². The first kappa shape index (κ1) is 14.8. The highest BCUT2D eigenvalue weighted by atomic mass is 32.2. The van der Waals surface area contributed by atoms with Gasteiger partial charge in [0, 0.05) is 13.1 Å². The minimum atomic E-state index is -2.95. The standard InChI is InChI=1S/C13H19N3O3S2/c1-7-11(13(14-2)20-16-7)12(17)15-8-5-9-3-4-10(6-8)21(9,18)19/h8-10,14H,3-6H2,1-2H3,(H,15,17). The van der Waals surface area contributed by atoms with Crippen molar-refractivity contribution in [3.05, 3.63) is 11.3 Å². The van der Waals surface area contributed by atoms with Crippen LogP contribution in [0.15, 0.2) is 0 Å². The molecule has 2 saturated heterocycles. The first-order valence-corrected chi connectivity index (χ1v) is 9.49. The summed E-state index contributed by atoms with van der Waals surface area (Å²) in [5, 5.41) is 6.18. The van der Waals surface area contributed by atoms with E-state index in [9.17, 15) is 13.2 Å². The molecule has 3 rings (SSSR count). The maximum Gasteiger partial charge on any atom is 0.256 e. The van der Waals surface area contributed by atoms with Gasteiger partial charge in [-0.3, -0.25) is 4.79 Å². The summed E-state index contributed by atoms with van der Waals surface area (Å²) < 4.78 is 28.3. The first-order chi connectivity index (χ1) is 9.93. The highest BCUT2D eigenvalue weighted by molar-refractivity contribution is 7.93. The lowest BCUT2D eigenvalue weighted by molar-refractivity contribution is 0.0932. The number of nitrogens with zero attached hydrogens (tertiary/aromatic N) is 1. The number of aromatic nitrogens is 1. The summed E-state index contributed by atoms with van der Waals surface area (Å²) in [6.07, 6.45) is 2.55. The molecule has 3 heterocycles. The number of nitrogens with one attached hydrogen (secondary N) is 2. The van der Waals surface area contributed by atoms with Gasteiger partial charge in [-0.2, -0.15) is 4.37 Å². The molecule has 116 valence electrons. The largest absolute Gasteiger partial charge is 0.378 e. The van der Waals surface area contributed by atoms with Crippen molar-refractivity contribution in [1.82, 2.24) is 9.69 Å². The molecule has 2 atom stereocenters. The highest BCUT2D eigenvalue weighted by Gasteiger charge is 2.47. The summed E-state index contributed by atoms with van der Waals surface area (Å²) >= 11 is 1.26. The number of hydrogen-bond donors (Lipinski definition) is 2. The van der Waals surface area contributed by atoms with Gasteiger partial charge >= 0.3 is 0 Å². The van der Waals surface area contributed by atoms with Crippen LogP contribution in [0.25, 0.3) is 0 Å². The molecule has 21 heavy (non-hydrogen) atoms. The van der Waals surface area contributed by atoms with Gasteiger partial charge < -0.3 is 10.6 Å². The number of carbonyl (C=O) groups excluding carboxylic acids is 1. The van der Waals surface area contributed by atoms with Gasteiger partial charge in [0.05, 0.1) is 21.8 Å². The Morgan fingerprint density at radius 1 is 1.29 bits per heavy atom. The predicted molar refractivity (Wildman–Crippen MR) is 82.6 cm³/mol. The van der Waals surface area contributed by atoms with Crippen LogP contribution in [-0.4, -0.2) is 42.3 Å². The van der Waals surface area contributed by atoms with Crippen molar-refractivity contribution < 1.29 is 13.2 Å². The first-order valence-electron chi connectivity index (χ1n) is 7.11. The molecule has 1 aromatic heterocycles. The Morgan fingerprint density at radius 2 is 1.90 bits per heavy atom. The van der Waals surface area contributed by atoms with Gasteiger partial charge in [-0.1, -0.05) is 0 Å². The van der Waals surface area contributed by atoms with Gasteiger partial charge in [0.2, 0.25) is 0 Å². The number of hydrogen-bond acceptors (Lipinski definition) is 6. The molecular weight excluding hydrogens is 310 g/mol. The fraction of sp³-hybridized carbons (Fsp3) is 0.692. The van der Waals surface area contributed by atoms with E-state index < -0.39 is 9.84 Å². The average Bonchev–Trinajstić information content (AvgIpc) is 2.81. The van der Waals surface area contributed by atoms with Gasteiger partial charge in [-0.05, 0) is 44.1 Å². The molecule has 0 aliphatic carbocycles. The molecule has 0 radical (unpaired) electrons. The fourth-order valence-corrected chi connectivity index (χ4v) is 6.61. The van der Waals surface area contributed by atoms with E-state index in [-0.39, 0.29) is 22.4 Å². The molecule has 2 fully saturated rings. The van der Waals surface area contributed by atoms with Crippen LogP contribution in [0.5, 0.6) is 0 Å². The number of aryl methyl sites for hydroxylation is 1. The van der Waals surface area contributed by atoms with Gasteiger partial charge in [0.15, 0.2) is 9.84 Å². The third-order valence-electron chi connectivity index (χ3n) is 4.49. The third-order valence-corrected chi connectivity index (χ3v) is 8.16. The zero-order chi connectivity index (χ0) is 15.2. The molecule has 2 aliphatic heterocycles. The van der Waals surface area contributed by atoms with Gasteiger partial charge in [0.1, 0.15) is 5.00 Å². The number of rotatable bonds is 3. The lowest BCUT2D eigenvalue weighted by atomic mass is 10.1. The molecule has 2 bridgehead atoms. The molecule has 8 heteroatoms. The second kappa shape index (κ2) is 5.24. The van der Waals surface area contributed by atoms with Crippen molar-refractivity contribution in [2.45, 2.75) is 49.1 Å². The molecule has 2 N–H and O–H groups in total. The van der Waals surface area contributed by atoms with Crippen molar-refractivity contribution in [2.24, 2.45) is 0 Å². The van der Waals surface area contributed by atoms with E-state index in [0.29, 0.717) is 24.1 Å². The van der Waals surface area contributed by atoms with Crippen LogP contribution in [0.2, 0.25) is 0 Å². The molecule has 0 spiro atoms. The Balaban J connectivity index is 1.74. The summed E-state index contributed by atoms with van der Waals surface area (Å²) in [5.74, 6) is -0.158. The predicted octanol–water partition coefficient (Wildman–Crippen LogP) is 1.33. The molecule has 0 saturated carbocycles. The summed E-state index contributed by atoms with van der Waals surface area (Å²) in [6.45, 7) is 1.81. The number of carbonyl (C=O) groups is 1. The number of fused-ring (bicyclic) bond motifs is 2. The maximum atomic E-state index is 12.4. The molecule has 1 aromatic rings. The zero-order valence-electron chi connectivity index (χ0n) is 12.0. The van der Waals surface area contributed by atoms with Crippen LogP contribution >= 0.6 is 11.5 Å². The van der Waals surface area contributed by atoms with E-state index in [1.807, 2.05) is 0 Å². The second-order valence-corrected chi connectivity index (χ2v) is 9.06. The zero-order valence-corrected chi connectivity index (χ0v) is 13.7. The van der Waals surface area contributed by atoms with Crippen molar-refractivity contribution in [3.8, 4) is 0 Å². The van der Waals surface area contributed by atoms with Crippen LogP contribution in [0.1, 0.15) is 41.7 Å². The van der Waals surface area contributed by atoms with Gasteiger partial charge in [-0.25, -0.2) is 8.42 Å². The van der Waals surface area contributed by atoms with Crippen molar-refractivity contribution in [1.29, 1.82) is 0 Å². The lowest BCUT2D eigenvalue weighted by Gasteiger charge is -2.28. The molecule has 1 amide bonds. The van der Waals surface area contributed by atoms with E-state index >= 15 is 0 Å². The maximum absolute atomic E-state index is 12.4. The smallest absolute Gasteiger partial charge is 0.256 e. The molecule has 6 nitrogen and oxygen atoms in total. The topological polar surface area (TPSA) is 88.2 Å². The normalized spacial score (nSPS) is 30.1. The Hall–Kier alpha value is -1.15. The van der Waals surface area contributed by atoms with Crippen molar-refractivity contribution in [3.63, 3.8) is 0 Å². The van der Waals surface area contributed by atoms with E-state index in [4.69, 9.17) is 0 Å². The fourth-order valence-electron chi connectivity index (χ4n) is 3.39. The lowest BCUT2D eigenvalue weighted by Crippen LogP contribution is -2.45. The Labute approximate surface area is 128 Å². The Morgan fingerprint density at radius 3 is 2.48 bits per heavy atom. The number of anilines is 1. The minimum Gasteiger partial charge on any atom is -0.378 e. The van der Waals surface area contributed by atoms with E-state index in [1.165, 1.54) is 11.5 Å². The van der Waals surface area contributed by atoms with E-state index in [2.05, 4.69) is 15.0 Å². The molecular formula is C13H19N3O3S2. The van der Waals surface area contributed by atoms with Crippen molar-refractivity contribution in [2.75, 3.05) is 12.4 Å². The SMILES string of the molecule is CNc1snc(C)c1C(=O)NC1CC2CCC(C1)S2(=O)=O. The average molecular weight is 329 g/mol. The summed E-state index contributed by atoms with van der Waals surface area (Å²) in [5.41, 5.74) is 1.27. The van der Waals surface area contributed by atoms with Gasteiger partial charge in [0.25, 0.3) is 5.91 Å². The number of sulfone groups is 1. The second-order valence-electron chi connectivity index (χ2n) is 5.77. The Bertz CT molecular complexity index is 648. The highest BCUT2D eigenvalue weighted by Crippen LogP contribution is 2.38. The minimum absolute atomic E-state index is 0.0532. The molecule has 2 aliphatic rings. The van der Waals surface area contributed by atoms with E-state index in [0.717, 1.165) is 17.8 Å². The van der Waals surface area contributed by atoms with Crippen LogP contribution < -0.4 is 10.6 Å². The summed E-state index contributed by atoms with van der Waals surface area (Å²) in [6, 6.07) is -0.0532. The third kappa shape index (κ3) is 2.44. The number of amides is 1. The quantitative estimate of drug-likeness (QED) is 0.873. The molecule has 2 unspecified atom stereocenters. The van der Waals surface area contributed by atoms with Crippen LogP contribution in [0.3, 0.4) is 0 Å². The summed E-state index contributed by atoms with van der Waals surface area (Å²) in [4.78, 5) is 12.4. The Kier molecular flexibility index (Phi) is 3.69.